The van der Waals surface area contributed by atoms with Gasteiger partial charge in [0.05, 0.1) is 21.5 Å². The average Bonchev–Trinajstić information content (AvgIpc) is 3.03. The summed E-state index contributed by atoms with van der Waals surface area (Å²) in [6, 6.07) is 8.59. The zero-order valence-corrected chi connectivity index (χ0v) is 16.9. The van der Waals surface area contributed by atoms with Crippen molar-refractivity contribution >= 4 is 34.8 Å². The van der Waals surface area contributed by atoms with Crippen LogP contribution >= 0.6 is 0 Å². The molecule has 0 saturated carbocycles. The van der Waals surface area contributed by atoms with Gasteiger partial charge in [0.2, 0.25) is 0 Å². The molecule has 33 heavy (non-hydrogen) atoms. The molecule has 1 saturated heterocycles. The average molecular weight is 455 g/mol. The van der Waals surface area contributed by atoms with Gasteiger partial charge in [0, 0.05) is 42.8 Å². The molecule has 3 rings (SSSR count). The largest absolute Gasteiger partial charge is 0.507 e. The molecule has 1 aliphatic heterocycles. The van der Waals surface area contributed by atoms with Gasteiger partial charge in [-0.25, -0.2) is 0 Å². The minimum atomic E-state index is -1.21. The highest BCUT2D eigenvalue weighted by molar-refractivity contribution is 6.46. The number of likely N-dealkylation sites (tertiary alicyclic amines) is 1. The van der Waals surface area contributed by atoms with E-state index in [2.05, 4.69) is 0 Å². The topological polar surface area (TPSA) is 181 Å². The van der Waals surface area contributed by atoms with E-state index in [-0.39, 0.29) is 47.5 Å². The van der Waals surface area contributed by atoms with E-state index in [1.165, 1.54) is 30.3 Å². The Kier molecular flexibility index (Phi) is 6.47. The Labute approximate surface area is 185 Å². The predicted octanol–water partition coefficient (Wildman–Crippen LogP) is 2.79. The van der Waals surface area contributed by atoms with Crippen molar-refractivity contribution in [2.75, 3.05) is 6.54 Å². The van der Waals surface area contributed by atoms with Crippen LogP contribution in [0.15, 0.2) is 54.1 Å². The van der Waals surface area contributed by atoms with Crippen molar-refractivity contribution in [2.24, 2.45) is 0 Å². The van der Waals surface area contributed by atoms with E-state index in [4.69, 9.17) is 5.11 Å². The van der Waals surface area contributed by atoms with E-state index in [1.807, 2.05) is 0 Å². The van der Waals surface area contributed by atoms with Crippen LogP contribution in [0.2, 0.25) is 0 Å². The van der Waals surface area contributed by atoms with Crippen LogP contribution in [-0.2, 0) is 14.4 Å². The number of aliphatic hydroxyl groups excluding tert-OH is 1. The van der Waals surface area contributed by atoms with Crippen LogP contribution < -0.4 is 0 Å². The van der Waals surface area contributed by atoms with Gasteiger partial charge < -0.3 is 15.1 Å². The summed E-state index contributed by atoms with van der Waals surface area (Å²) >= 11 is 0. The second kappa shape index (κ2) is 9.26. The predicted molar refractivity (Wildman–Crippen MR) is 112 cm³/mol. The summed E-state index contributed by atoms with van der Waals surface area (Å²) < 4.78 is 0. The quantitative estimate of drug-likeness (QED) is 0.199. The third kappa shape index (κ3) is 4.69. The third-order valence-corrected chi connectivity index (χ3v) is 5.08. The van der Waals surface area contributed by atoms with Gasteiger partial charge in [-0.05, 0) is 24.1 Å². The number of carbonyl (C=O) groups is 3. The minimum Gasteiger partial charge on any atom is -0.507 e. The standard InChI is InChI=1S/C21H17N3O9/c25-16(26)5-2-10-22-18(13-3-1-4-15(11-13)24(32)33)17(20(28)21(22)29)19(27)12-6-8-14(9-7-12)23(30)31/h1,3-4,6-9,11,18,27H,2,5,10H2,(H,25,26)/b19-17-. The number of nitrogens with zero attached hydrogens (tertiary/aromatic N) is 3. The molecule has 2 aromatic rings. The molecule has 1 unspecified atom stereocenters. The molecule has 0 bridgehead atoms. The van der Waals surface area contributed by atoms with E-state index < -0.39 is 39.3 Å². The van der Waals surface area contributed by atoms with Gasteiger partial charge in [0.15, 0.2) is 0 Å². The molecular formula is C21H17N3O9. The number of nitro groups is 2. The highest BCUT2D eigenvalue weighted by Crippen LogP contribution is 2.40. The minimum absolute atomic E-state index is 0.00531. The first-order chi connectivity index (χ1) is 15.6. The van der Waals surface area contributed by atoms with E-state index in [0.29, 0.717) is 0 Å². The molecule has 2 aromatic carbocycles. The first-order valence-corrected chi connectivity index (χ1v) is 9.61. The fourth-order valence-corrected chi connectivity index (χ4v) is 3.56. The molecule has 12 nitrogen and oxygen atoms in total. The van der Waals surface area contributed by atoms with Crippen molar-refractivity contribution in [3.05, 3.63) is 85.5 Å². The number of benzene rings is 2. The van der Waals surface area contributed by atoms with Crippen molar-refractivity contribution < 1.29 is 34.4 Å². The van der Waals surface area contributed by atoms with Crippen LogP contribution in [0.1, 0.15) is 30.0 Å². The van der Waals surface area contributed by atoms with Gasteiger partial charge >= 0.3 is 5.97 Å². The first-order valence-electron chi connectivity index (χ1n) is 9.61. The number of aliphatic carboxylic acids is 1. The van der Waals surface area contributed by atoms with Crippen LogP contribution in [0, 0.1) is 20.2 Å². The highest BCUT2D eigenvalue weighted by Gasteiger charge is 2.46. The number of ketones is 1. The van der Waals surface area contributed by atoms with Crippen LogP contribution in [0.3, 0.4) is 0 Å². The monoisotopic (exact) mass is 455 g/mol. The lowest BCUT2D eigenvalue weighted by atomic mass is 9.95. The summed E-state index contributed by atoms with van der Waals surface area (Å²) in [5, 5.41) is 41.9. The number of hydrogen-bond acceptors (Lipinski definition) is 8. The van der Waals surface area contributed by atoms with Crippen molar-refractivity contribution in [3.63, 3.8) is 0 Å². The number of carboxylic acids is 1. The molecule has 0 aliphatic carbocycles. The van der Waals surface area contributed by atoms with Crippen molar-refractivity contribution in [3.8, 4) is 0 Å². The number of non-ortho nitro benzene ring substituents is 2. The summed E-state index contributed by atoms with van der Waals surface area (Å²) in [5.41, 5.74) is -0.721. The molecule has 1 heterocycles. The molecule has 0 radical (unpaired) electrons. The lowest BCUT2D eigenvalue weighted by Gasteiger charge is -2.25. The summed E-state index contributed by atoms with van der Waals surface area (Å²) in [7, 11) is 0. The summed E-state index contributed by atoms with van der Waals surface area (Å²) in [6.45, 7) is -0.152. The molecule has 12 heteroatoms. The Hall–Kier alpha value is -4.61. The van der Waals surface area contributed by atoms with Gasteiger partial charge in [-0.15, -0.1) is 0 Å². The van der Waals surface area contributed by atoms with E-state index >= 15 is 0 Å². The van der Waals surface area contributed by atoms with Crippen LogP contribution in [0.4, 0.5) is 11.4 Å². The molecular weight excluding hydrogens is 438 g/mol. The smallest absolute Gasteiger partial charge is 0.303 e. The van der Waals surface area contributed by atoms with Gasteiger partial charge in [-0.2, -0.15) is 0 Å². The molecule has 1 aliphatic rings. The van der Waals surface area contributed by atoms with E-state index in [0.717, 1.165) is 23.1 Å². The Bertz CT molecular complexity index is 1190. The Morgan fingerprint density at radius 1 is 0.970 bits per heavy atom. The van der Waals surface area contributed by atoms with Crippen molar-refractivity contribution in [1.82, 2.24) is 4.90 Å². The number of amides is 1. The van der Waals surface area contributed by atoms with Crippen LogP contribution in [0.5, 0.6) is 0 Å². The number of Topliss-reactive ketones (excluding diaryl/α,β-unsaturated/α-hetero) is 1. The lowest BCUT2D eigenvalue weighted by molar-refractivity contribution is -0.385. The Balaban J connectivity index is 2.13. The molecule has 0 spiro atoms. The van der Waals surface area contributed by atoms with Gasteiger partial charge in [-0.1, -0.05) is 12.1 Å². The summed E-state index contributed by atoms with van der Waals surface area (Å²) in [6.07, 6.45) is -0.279. The molecule has 1 amide bonds. The number of rotatable bonds is 8. The van der Waals surface area contributed by atoms with Crippen LogP contribution in [0.25, 0.3) is 5.76 Å². The summed E-state index contributed by atoms with van der Waals surface area (Å²) in [4.78, 5) is 58.3. The number of carboxylic acid groups (broad SMARTS) is 1. The molecule has 1 fully saturated rings. The first kappa shape index (κ1) is 23.1. The van der Waals surface area contributed by atoms with Crippen molar-refractivity contribution in [1.29, 1.82) is 0 Å². The van der Waals surface area contributed by atoms with Gasteiger partial charge in [0.1, 0.15) is 5.76 Å². The molecule has 0 aromatic heterocycles. The Morgan fingerprint density at radius 2 is 1.61 bits per heavy atom. The normalized spacial score (nSPS) is 17.2. The maximum atomic E-state index is 12.8. The number of aliphatic hydroxyl groups is 1. The highest BCUT2D eigenvalue weighted by atomic mass is 16.6. The van der Waals surface area contributed by atoms with Crippen LogP contribution in [-0.4, -0.2) is 49.2 Å². The number of nitro benzene ring substituents is 2. The third-order valence-electron chi connectivity index (χ3n) is 5.08. The lowest BCUT2D eigenvalue weighted by Crippen LogP contribution is -2.31. The SMILES string of the molecule is O=C(O)CCCN1C(=O)C(=O)/C(=C(\O)c2ccc([N+](=O)[O-])cc2)C1c1cccc([N+](=O)[O-])c1. The van der Waals surface area contributed by atoms with Gasteiger partial charge in [0.25, 0.3) is 23.1 Å². The second-order valence-electron chi connectivity index (χ2n) is 7.15. The zero-order chi connectivity index (χ0) is 24.3. The molecule has 2 N–H and O–H groups in total. The Morgan fingerprint density at radius 3 is 2.18 bits per heavy atom. The van der Waals surface area contributed by atoms with Crippen molar-refractivity contribution in [2.45, 2.75) is 18.9 Å². The van der Waals surface area contributed by atoms with Gasteiger partial charge in [-0.3, -0.25) is 34.6 Å². The zero-order valence-electron chi connectivity index (χ0n) is 16.9. The summed E-state index contributed by atoms with van der Waals surface area (Å²) in [5.74, 6) is -3.78. The molecule has 170 valence electrons. The molecule has 1 atom stereocenters. The number of hydrogen-bond donors (Lipinski definition) is 2. The fraction of sp³-hybridized carbons (Fsp3) is 0.190. The van der Waals surface area contributed by atoms with E-state index in [1.54, 1.807) is 0 Å². The van der Waals surface area contributed by atoms with E-state index in [9.17, 15) is 39.7 Å². The second-order valence-corrected chi connectivity index (χ2v) is 7.15. The maximum Gasteiger partial charge on any atom is 0.303 e. The number of carbonyl (C=O) groups excluding carboxylic acids is 2. The maximum absolute atomic E-state index is 12.8. The fourth-order valence-electron chi connectivity index (χ4n) is 3.56.